The van der Waals surface area contributed by atoms with Gasteiger partial charge >= 0.3 is 0 Å². The SMILES string of the molecule is CC(Br)CC(=O)[O-].[NH4+]. The molecule has 0 amide bonds. The molecule has 0 aromatic rings. The van der Waals surface area contributed by atoms with E-state index in [-0.39, 0.29) is 17.4 Å². The van der Waals surface area contributed by atoms with Crippen LogP contribution < -0.4 is 11.3 Å². The molecule has 0 aromatic heterocycles. The number of alkyl halides is 1. The molecule has 50 valence electrons. The Bertz CT molecular complexity index is 74.4. The van der Waals surface area contributed by atoms with E-state index in [1.165, 1.54) is 0 Å². The van der Waals surface area contributed by atoms with Crippen molar-refractivity contribution in [2.24, 2.45) is 0 Å². The molecular weight excluding hydrogens is 174 g/mol. The Kier molecular flexibility index (Phi) is 6.83. The molecule has 0 saturated heterocycles. The van der Waals surface area contributed by atoms with Crippen molar-refractivity contribution in [3.63, 3.8) is 0 Å². The summed E-state index contributed by atoms with van der Waals surface area (Å²) >= 11 is 3.05. The molecular formula is C4H10BrNO2. The Morgan fingerprint density at radius 3 is 2.25 bits per heavy atom. The van der Waals surface area contributed by atoms with Gasteiger partial charge in [0.1, 0.15) is 0 Å². The number of carbonyl (C=O) groups excluding carboxylic acids is 1. The lowest BCUT2D eigenvalue weighted by molar-refractivity contribution is -0.305. The minimum absolute atomic E-state index is 0. The maximum Gasteiger partial charge on any atom is 0.0425 e. The fourth-order valence-electron chi connectivity index (χ4n) is 0.230. The molecule has 0 rings (SSSR count). The van der Waals surface area contributed by atoms with Gasteiger partial charge in [-0.2, -0.15) is 0 Å². The average molecular weight is 184 g/mol. The minimum Gasteiger partial charge on any atom is -0.550 e. The zero-order valence-corrected chi connectivity index (χ0v) is 6.56. The van der Waals surface area contributed by atoms with Crippen LogP contribution in [0.4, 0.5) is 0 Å². The van der Waals surface area contributed by atoms with Gasteiger partial charge in [-0.15, -0.1) is 0 Å². The Labute approximate surface area is 56.8 Å². The van der Waals surface area contributed by atoms with Crippen LogP contribution in [0.2, 0.25) is 0 Å². The molecule has 0 saturated carbocycles. The van der Waals surface area contributed by atoms with Gasteiger partial charge in [0.15, 0.2) is 0 Å². The van der Waals surface area contributed by atoms with E-state index in [0.29, 0.717) is 0 Å². The number of quaternary nitrogens is 1. The van der Waals surface area contributed by atoms with Crippen LogP contribution in [0.25, 0.3) is 0 Å². The number of carboxylic acid groups (broad SMARTS) is 1. The molecule has 0 fully saturated rings. The number of carbonyl (C=O) groups is 1. The van der Waals surface area contributed by atoms with Crippen LogP contribution in [0.3, 0.4) is 0 Å². The first-order valence-electron chi connectivity index (χ1n) is 1.97. The Morgan fingerprint density at radius 1 is 1.88 bits per heavy atom. The van der Waals surface area contributed by atoms with E-state index in [9.17, 15) is 9.90 Å². The maximum atomic E-state index is 9.67. The lowest BCUT2D eigenvalue weighted by Crippen LogP contribution is -2.24. The fourth-order valence-corrected chi connectivity index (χ4v) is 0.494. The summed E-state index contributed by atoms with van der Waals surface area (Å²) in [5, 5.41) is 9.67. The van der Waals surface area contributed by atoms with E-state index in [1.54, 1.807) is 6.92 Å². The van der Waals surface area contributed by atoms with Gasteiger partial charge in [0.25, 0.3) is 0 Å². The zero-order valence-electron chi connectivity index (χ0n) is 4.98. The molecule has 3 nitrogen and oxygen atoms in total. The summed E-state index contributed by atoms with van der Waals surface area (Å²) in [6.07, 6.45) is 0.0833. The Hall–Kier alpha value is -0.0900. The van der Waals surface area contributed by atoms with Crippen molar-refractivity contribution in [1.29, 1.82) is 0 Å². The first kappa shape index (κ1) is 10.8. The third kappa shape index (κ3) is 9.32. The van der Waals surface area contributed by atoms with Crippen molar-refractivity contribution in [1.82, 2.24) is 6.15 Å². The summed E-state index contributed by atoms with van der Waals surface area (Å²) in [5.41, 5.74) is 0. The highest BCUT2D eigenvalue weighted by Gasteiger charge is 1.92. The standard InChI is InChI=1S/C4H7BrO2.H3N/c1-3(5)2-4(6)7;/h3H,2H2,1H3,(H,6,7);1H3. The Morgan fingerprint density at radius 2 is 2.25 bits per heavy atom. The van der Waals surface area contributed by atoms with Crippen molar-refractivity contribution in [3.05, 3.63) is 0 Å². The number of hydrogen-bond acceptors (Lipinski definition) is 2. The predicted octanol–water partition coefficient (Wildman–Crippen LogP) is 0.286. The average Bonchev–Trinajstić information content (AvgIpc) is 1.27. The molecule has 0 aromatic carbocycles. The van der Waals surface area contributed by atoms with E-state index in [2.05, 4.69) is 15.9 Å². The molecule has 0 spiro atoms. The smallest absolute Gasteiger partial charge is 0.0425 e. The molecule has 0 bridgehead atoms. The molecule has 4 heteroatoms. The van der Waals surface area contributed by atoms with Crippen molar-refractivity contribution < 1.29 is 9.90 Å². The second-order valence-corrected chi connectivity index (χ2v) is 2.92. The van der Waals surface area contributed by atoms with Gasteiger partial charge in [-0.25, -0.2) is 0 Å². The normalized spacial score (nSPS) is 11.8. The van der Waals surface area contributed by atoms with Crippen molar-refractivity contribution in [2.45, 2.75) is 18.2 Å². The second-order valence-electron chi connectivity index (χ2n) is 1.36. The van der Waals surface area contributed by atoms with Crippen molar-refractivity contribution in [3.8, 4) is 0 Å². The van der Waals surface area contributed by atoms with E-state index >= 15 is 0 Å². The van der Waals surface area contributed by atoms with Crippen LogP contribution >= 0.6 is 15.9 Å². The summed E-state index contributed by atoms with van der Waals surface area (Å²) in [6.45, 7) is 1.76. The van der Waals surface area contributed by atoms with Crippen LogP contribution in [0.15, 0.2) is 0 Å². The van der Waals surface area contributed by atoms with Gasteiger partial charge in [-0.05, 0) is 6.42 Å². The third-order valence-electron chi connectivity index (χ3n) is 0.448. The van der Waals surface area contributed by atoms with Gasteiger partial charge < -0.3 is 16.1 Å². The molecule has 0 heterocycles. The van der Waals surface area contributed by atoms with Crippen LogP contribution in [0, 0.1) is 0 Å². The fraction of sp³-hybridized carbons (Fsp3) is 0.750. The van der Waals surface area contributed by atoms with Crippen LogP contribution in [-0.2, 0) is 4.79 Å². The van der Waals surface area contributed by atoms with Gasteiger partial charge in [0.05, 0.1) is 0 Å². The Balaban J connectivity index is 0. The number of hydrogen-bond donors (Lipinski definition) is 1. The number of halogens is 1. The summed E-state index contributed by atoms with van der Waals surface area (Å²) < 4.78 is 0. The summed E-state index contributed by atoms with van der Waals surface area (Å²) in [6, 6.07) is 0. The second kappa shape index (κ2) is 5.05. The van der Waals surface area contributed by atoms with Gasteiger partial charge in [0.2, 0.25) is 0 Å². The highest BCUT2D eigenvalue weighted by Crippen LogP contribution is 2.00. The zero-order chi connectivity index (χ0) is 5.86. The van der Waals surface area contributed by atoms with Crippen molar-refractivity contribution >= 4 is 21.9 Å². The van der Waals surface area contributed by atoms with Crippen LogP contribution in [0.1, 0.15) is 13.3 Å². The lowest BCUT2D eigenvalue weighted by Gasteiger charge is -2.00. The molecule has 0 aliphatic heterocycles. The lowest BCUT2D eigenvalue weighted by atomic mass is 10.3. The van der Waals surface area contributed by atoms with E-state index in [0.717, 1.165) is 0 Å². The summed E-state index contributed by atoms with van der Waals surface area (Å²) in [4.78, 5) is 9.69. The van der Waals surface area contributed by atoms with Crippen LogP contribution in [0.5, 0.6) is 0 Å². The maximum absolute atomic E-state index is 9.67. The number of aliphatic carboxylic acids is 1. The van der Waals surface area contributed by atoms with E-state index < -0.39 is 5.97 Å². The minimum atomic E-state index is -1.01. The molecule has 0 radical (unpaired) electrons. The number of rotatable bonds is 2. The molecule has 4 N–H and O–H groups in total. The highest BCUT2D eigenvalue weighted by atomic mass is 79.9. The molecule has 1 atom stereocenters. The van der Waals surface area contributed by atoms with Gasteiger partial charge in [-0.1, -0.05) is 22.9 Å². The third-order valence-corrected chi connectivity index (χ3v) is 0.772. The van der Waals surface area contributed by atoms with E-state index in [1.807, 2.05) is 0 Å². The van der Waals surface area contributed by atoms with Gasteiger partial charge in [0, 0.05) is 10.8 Å². The monoisotopic (exact) mass is 183 g/mol. The van der Waals surface area contributed by atoms with Crippen molar-refractivity contribution in [2.75, 3.05) is 0 Å². The topological polar surface area (TPSA) is 76.6 Å². The molecule has 0 aliphatic rings. The summed E-state index contributed by atoms with van der Waals surface area (Å²) in [7, 11) is 0. The quantitative estimate of drug-likeness (QED) is 0.626. The summed E-state index contributed by atoms with van der Waals surface area (Å²) in [5.74, 6) is -1.01. The molecule has 0 aliphatic carbocycles. The first-order chi connectivity index (χ1) is 3.13. The highest BCUT2D eigenvalue weighted by molar-refractivity contribution is 9.09. The predicted molar refractivity (Wildman–Crippen MR) is 34.0 cm³/mol. The largest absolute Gasteiger partial charge is 0.550 e. The molecule has 8 heavy (non-hydrogen) atoms. The van der Waals surface area contributed by atoms with Gasteiger partial charge in [-0.3, -0.25) is 0 Å². The number of carboxylic acids is 1. The van der Waals surface area contributed by atoms with E-state index in [4.69, 9.17) is 0 Å². The first-order valence-corrected chi connectivity index (χ1v) is 2.88. The molecule has 1 unspecified atom stereocenters. The van der Waals surface area contributed by atoms with Crippen LogP contribution in [-0.4, -0.2) is 10.8 Å².